The van der Waals surface area contributed by atoms with E-state index in [1.165, 1.54) is 7.11 Å². The lowest BCUT2D eigenvalue weighted by molar-refractivity contribution is -0.139. The topological polar surface area (TPSA) is 67.4 Å². The van der Waals surface area contributed by atoms with Crippen molar-refractivity contribution >= 4 is 12.0 Å². The summed E-state index contributed by atoms with van der Waals surface area (Å²) in [4.78, 5) is 21.6. The second-order valence-corrected chi connectivity index (χ2v) is 3.37. The van der Waals surface area contributed by atoms with E-state index in [1.54, 1.807) is 0 Å². The van der Waals surface area contributed by atoms with Crippen molar-refractivity contribution in [3.63, 3.8) is 0 Å². The summed E-state index contributed by atoms with van der Waals surface area (Å²) in [6.45, 7) is 4.68. The van der Waals surface area contributed by atoms with E-state index in [-0.39, 0.29) is 12.6 Å². The predicted octanol–water partition coefficient (Wildman–Crippen LogP) is 0.505. The Kier molecular flexibility index (Phi) is 6.53. The van der Waals surface area contributed by atoms with E-state index in [0.717, 1.165) is 6.42 Å². The molecule has 0 aromatic heterocycles. The van der Waals surface area contributed by atoms with Gasteiger partial charge in [-0.2, -0.15) is 0 Å². The molecule has 0 atom stereocenters. The molecule has 0 heterocycles. The van der Waals surface area contributed by atoms with Gasteiger partial charge >= 0.3 is 12.0 Å². The normalized spacial score (nSPS) is 9.71. The Balaban J connectivity index is 3.42. The van der Waals surface area contributed by atoms with Gasteiger partial charge in [0, 0.05) is 6.54 Å². The zero-order valence-corrected chi connectivity index (χ0v) is 8.92. The maximum atomic E-state index is 11.0. The fourth-order valence-corrected chi connectivity index (χ4v) is 0.761. The summed E-state index contributed by atoms with van der Waals surface area (Å²) in [5.74, 6) is 0.0971. The van der Waals surface area contributed by atoms with Crippen molar-refractivity contribution in [3.05, 3.63) is 0 Å². The summed E-state index contributed by atoms with van der Waals surface area (Å²) < 4.78 is 4.36. The van der Waals surface area contributed by atoms with Crippen molar-refractivity contribution in [3.8, 4) is 0 Å². The molecule has 0 fully saturated rings. The van der Waals surface area contributed by atoms with Crippen LogP contribution < -0.4 is 10.6 Å². The third kappa shape index (κ3) is 7.39. The van der Waals surface area contributed by atoms with Crippen molar-refractivity contribution < 1.29 is 14.3 Å². The summed E-state index contributed by atoms with van der Waals surface area (Å²) in [5, 5.41) is 5.02. The first-order chi connectivity index (χ1) is 6.56. The summed E-state index contributed by atoms with van der Waals surface area (Å²) in [7, 11) is 1.28. The van der Waals surface area contributed by atoms with Crippen molar-refractivity contribution in [1.82, 2.24) is 10.6 Å². The molecular formula is C9H18N2O3. The van der Waals surface area contributed by atoms with Gasteiger partial charge in [0.05, 0.1) is 7.11 Å². The number of esters is 1. The van der Waals surface area contributed by atoms with Crippen LogP contribution in [0.2, 0.25) is 0 Å². The largest absolute Gasteiger partial charge is 0.468 e. The van der Waals surface area contributed by atoms with Crippen LogP contribution >= 0.6 is 0 Å². The molecule has 2 amide bonds. The summed E-state index contributed by atoms with van der Waals surface area (Å²) in [6, 6.07) is -0.337. The van der Waals surface area contributed by atoms with Gasteiger partial charge in [0.1, 0.15) is 6.54 Å². The highest BCUT2D eigenvalue weighted by Gasteiger charge is 2.03. The first kappa shape index (κ1) is 12.7. The van der Waals surface area contributed by atoms with Gasteiger partial charge in [0.15, 0.2) is 0 Å². The minimum Gasteiger partial charge on any atom is -0.468 e. The summed E-state index contributed by atoms with van der Waals surface area (Å²) >= 11 is 0. The maximum absolute atomic E-state index is 11.0. The van der Waals surface area contributed by atoms with Gasteiger partial charge < -0.3 is 15.4 Å². The zero-order valence-electron chi connectivity index (χ0n) is 8.92. The average molecular weight is 202 g/mol. The molecule has 0 rings (SSSR count). The van der Waals surface area contributed by atoms with Crippen LogP contribution in [0.25, 0.3) is 0 Å². The first-order valence-corrected chi connectivity index (χ1v) is 4.64. The second-order valence-electron chi connectivity index (χ2n) is 3.37. The monoisotopic (exact) mass is 202 g/mol. The number of carbonyl (C=O) groups excluding carboxylic acids is 2. The molecule has 0 aromatic rings. The standard InChI is InChI=1S/C9H18N2O3/c1-7(2)4-5-10-9(13)11-6-8(12)14-3/h7H,4-6H2,1-3H3,(H2,10,11,13). The van der Waals surface area contributed by atoms with Crippen LogP contribution in [0.3, 0.4) is 0 Å². The second kappa shape index (κ2) is 7.17. The van der Waals surface area contributed by atoms with Crippen molar-refractivity contribution in [2.24, 2.45) is 5.92 Å². The van der Waals surface area contributed by atoms with Crippen LogP contribution in [-0.4, -0.2) is 32.2 Å². The van der Waals surface area contributed by atoms with E-state index in [1.807, 2.05) is 0 Å². The molecule has 0 aliphatic heterocycles. The van der Waals surface area contributed by atoms with Crippen molar-refractivity contribution in [1.29, 1.82) is 0 Å². The van der Waals surface area contributed by atoms with Gasteiger partial charge in [0.2, 0.25) is 0 Å². The molecule has 5 nitrogen and oxygen atoms in total. The number of rotatable bonds is 5. The minimum atomic E-state index is -0.455. The van der Waals surface area contributed by atoms with Gasteiger partial charge in [-0.3, -0.25) is 4.79 Å². The Bertz CT molecular complexity index is 192. The van der Waals surface area contributed by atoms with E-state index in [4.69, 9.17) is 0 Å². The van der Waals surface area contributed by atoms with Gasteiger partial charge in [-0.25, -0.2) is 4.79 Å². The van der Waals surface area contributed by atoms with E-state index in [0.29, 0.717) is 12.5 Å². The number of hydrogen-bond acceptors (Lipinski definition) is 3. The molecule has 0 aliphatic carbocycles. The molecular weight excluding hydrogens is 184 g/mol. The lowest BCUT2D eigenvalue weighted by atomic mass is 10.1. The number of hydrogen-bond donors (Lipinski definition) is 2. The van der Waals surface area contributed by atoms with Gasteiger partial charge in [-0.1, -0.05) is 13.8 Å². The highest BCUT2D eigenvalue weighted by Crippen LogP contribution is 1.95. The van der Waals surface area contributed by atoms with Crippen molar-refractivity contribution in [2.45, 2.75) is 20.3 Å². The van der Waals surface area contributed by atoms with Gasteiger partial charge in [-0.15, -0.1) is 0 Å². The van der Waals surface area contributed by atoms with E-state index in [2.05, 4.69) is 29.2 Å². The van der Waals surface area contributed by atoms with E-state index < -0.39 is 5.97 Å². The maximum Gasteiger partial charge on any atom is 0.325 e. The highest BCUT2D eigenvalue weighted by atomic mass is 16.5. The van der Waals surface area contributed by atoms with Gasteiger partial charge in [0.25, 0.3) is 0 Å². The fourth-order valence-electron chi connectivity index (χ4n) is 0.761. The SMILES string of the molecule is COC(=O)CNC(=O)NCCC(C)C. The molecule has 2 N–H and O–H groups in total. The molecule has 14 heavy (non-hydrogen) atoms. The van der Waals surface area contributed by atoms with Gasteiger partial charge in [-0.05, 0) is 12.3 Å². The van der Waals surface area contributed by atoms with Crippen LogP contribution in [-0.2, 0) is 9.53 Å². The third-order valence-corrected chi connectivity index (χ3v) is 1.63. The van der Waals surface area contributed by atoms with Crippen LogP contribution in [0.15, 0.2) is 0 Å². The fraction of sp³-hybridized carbons (Fsp3) is 0.778. The lowest BCUT2D eigenvalue weighted by Crippen LogP contribution is -2.39. The summed E-state index contributed by atoms with van der Waals surface area (Å²) in [5.41, 5.74) is 0. The van der Waals surface area contributed by atoms with Crippen LogP contribution in [0.4, 0.5) is 4.79 Å². The number of amides is 2. The van der Waals surface area contributed by atoms with E-state index in [9.17, 15) is 9.59 Å². The Hall–Kier alpha value is -1.26. The Morgan fingerprint density at radius 2 is 1.93 bits per heavy atom. The van der Waals surface area contributed by atoms with Crippen LogP contribution in [0, 0.1) is 5.92 Å². The molecule has 0 saturated heterocycles. The molecule has 0 spiro atoms. The number of carbonyl (C=O) groups is 2. The molecule has 0 aromatic carbocycles. The Labute approximate surface area is 84.2 Å². The number of nitrogens with one attached hydrogen (secondary N) is 2. The minimum absolute atomic E-state index is 0.0932. The quantitative estimate of drug-likeness (QED) is 0.638. The van der Waals surface area contributed by atoms with Crippen LogP contribution in [0.5, 0.6) is 0 Å². The molecule has 5 heteroatoms. The van der Waals surface area contributed by atoms with E-state index >= 15 is 0 Å². The average Bonchev–Trinajstić information content (AvgIpc) is 2.13. The zero-order chi connectivity index (χ0) is 11.0. The first-order valence-electron chi connectivity index (χ1n) is 4.64. The van der Waals surface area contributed by atoms with Crippen LogP contribution in [0.1, 0.15) is 20.3 Å². The lowest BCUT2D eigenvalue weighted by Gasteiger charge is -2.07. The third-order valence-electron chi connectivity index (χ3n) is 1.63. The molecule has 0 saturated carbocycles. The number of urea groups is 1. The molecule has 0 radical (unpaired) electrons. The number of methoxy groups -OCH3 is 1. The molecule has 82 valence electrons. The van der Waals surface area contributed by atoms with Crippen molar-refractivity contribution in [2.75, 3.05) is 20.2 Å². The predicted molar refractivity (Wildman–Crippen MR) is 52.9 cm³/mol. The highest BCUT2D eigenvalue weighted by molar-refractivity contribution is 5.80. The molecule has 0 aliphatic rings. The molecule has 0 bridgehead atoms. The molecule has 0 unspecified atom stereocenters. The number of ether oxygens (including phenoxy) is 1. The smallest absolute Gasteiger partial charge is 0.325 e. The Morgan fingerprint density at radius 1 is 1.29 bits per heavy atom. The summed E-state index contributed by atoms with van der Waals surface area (Å²) in [6.07, 6.45) is 0.922. The Morgan fingerprint density at radius 3 is 2.43 bits per heavy atom.